The number of aromatic nitrogens is 3. The SMILES string of the molecule is O=C(N1CC[C@H](c2ncn[nH]2)C1)N1CC2(C1)CN(S(=O)(=O)c1cccc(C(F)(F)F)c1)C2. The number of rotatable bonds is 3. The number of amides is 2. The Morgan fingerprint density at radius 3 is 2.56 bits per heavy atom. The van der Waals surface area contributed by atoms with E-state index in [2.05, 4.69) is 15.2 Å². The number of hydrogen-bond donors (Lipinski definition) is 1. The van der Waals surface area contributed by atoms with Crippen molar-refractivity contribution >= 4 is 16.1 Å². The van der Waals surface area contributed by atoms with E-state index in [1.807, 2.05) is 0 Å². The first-order valence-electron chi connectivity index (χ1n) is 10.1. The molecule has 172 valence electrons. The third-order valence-corrected chi connectivity index (χ3v) is 8.21. The molecule has 0 bridgehead atoms. The van der Waals surface area contributed by atoms with Gasteiger partial charge >= 0.3 is 12.2 Å². The fourth-order valence-electron chi connectivity index (χ4n) is 4.72. The van der Waals surface area contributed by atoms with E-state index in [1.165, 1.54) is 16.7 Å². The number of H-pyrrole nitrogens is 1. The van der Waals surface area contributed by atoms with Gasteiger partial charge in [0.1, 0.15) is 12.2 Å². The van der Waals surface area contributed by atoms with E-state index in [9.17, 15) is 26.4 Å². The normalized spacial score (nSPS) is 23.3. The largest absolute Gasteiger partial charge is 0.416 e. The highest BCUT2D eigenvalue weighted by Gasteiger charge is 2.57. The van der Waals surface area contributed by atoms with Crippen molar-refractivity contribution in [2.24, 2.45) is 5.41 Å². The third kappa shape index (κ3) is 3.52. The van der Waals surface area contributed by atoms with Crippen LogP contribution in [-0.4, -0.2) is 83.0 Å². The Balaban J connectivity index is 1.17. The van der Waals surface area contributed by atoms with Gasteiger partial charge in [0, 0.05) is 50.6 Å². The molecule has 1 aromatic carbocycles. The number of benzene rings is 1. The molecule has 3 fully saturated rings. The second kappa shape index (κ2) is 7.17. The van der Waals surface area contributed by atoms with Gasteiger partial charge in [-0.25, -0.2) is 18.2 Å². The first-order chi connectivity index (χ1) is 15.1. The predicted molar refractivity (Wildman–Crippen MR) is 105 cm³/mol. The molecule has 2 aromatic rings. The zero-order valence-corrected chi connectivity index (χ0v) is 17.7. The standard InChI is InChI=1S/C19H21F3N6O3S/c20-19(21,22)14-2-1-3-15(6-14)32(30,31)28-10-18(11-28)8-27(9-18)17(29)26-5-4-13(7-26)16-23-12-24-25-16/h1-3,6,12-13H,4-5,7-11H2,(H,23,24,25)/t13-/m0/s1. The van der Waals surface area contributed by atoms with Crippen molar-refractivity contribution in [3.8, 4) is 0 Å². The molecular formula is C19H21F3N6O3S. The number of urea groups is 1. The number of halogens is 3. The van der Waals surface area contributed by atoms with Crippen molar-refractivity contribution in [2.45, 2.75) is 23.4 Å². The average molecular weight is 470 g/mol. The average Bonchev–Trinajstić information content (AvgIpc) is 3.36. The molecule has 3 aliphatic heterocycles. The Hall–Kier alpha value is -2.67. The minimum atomic E-state index is -4.61. The lowest BCUT2D eigenvalue weighted by Gasteiger charge is -2.59. The Kier molecular flexibility index (Phi) is 4.75. The van der Waals surface area contributed by atoms with Gasteiger partial charge in [0.05, 0.1) is 10.5 Å². The van der Waals surface area contributed by atoms with E-state index in [-0.39, 0.29) is 35.3 Å². The molecule has 3 aliphatic rings. The zero-order chi connectivity index (χ0) is 22.7. The van der Waals surface area contributed by atoms with Crippen LogP contribution in [0, 0.1) is 5.41 Å². The van der Waals surface area contributed by atoms with Gasteiger partial charge in [-0.3, -0.25) is 5.10 Å². The molecule has 1 spiro atoms. The highest BCUT2D eigenvalue weighted by atomic mass is 32.2. The van der Waals surface area contributed by atoms with E-state index < -0.39 is 21.8 Å². The van der Waals surface area contributed by atoms with Gasteiger partial charge in [-0.2, -0.15) is 22.6 Å². The van der Waals surface area contributed by atoms with Crippen molar-refractivity contribution in [2.75, 3.05) is 39.3 Å². The molecule has 1 atom stereocenters. The van der Waals surface area contributed by atoms with Crippen LogP contribution in [0.1, 0.15) is 23.7 Å². The smallest absolute Gasteiger partial charge is 0.324 e. The maximum atomic E-state index is 12.9. The molecule has 0 unspecified atom stereocenters. The Labute approximate surface area is 182 Å². The molecule has 3 saturated heterocycles. The summed E-state index contributed by atoms with van der Waals surface area (Å²) < 4.78 is 65.5. The van der Waals surface area contributed by atoms with Gasteiger partial charge in [0.15, 0.2) is 0 Å². The molecule has 1 N–H and O–H groups in total. The van der Waals surface area contributed by atoms with Gasteiger partial charge in [0.25, 0.3) is 0 Å². The Morgan fingerprint density at radius 1 is 1.16 bits per heavy atom. The summed E-state index contributed by atoms with van der Waals surface area (Å²) in [6.07, 6.45) is -2.38. The zero-order valence-electron chi connectivity index (χ0n) is 16.9. The minimum absolute atomic E-state index is 0.0863. The van der Waals surface area contributed by atoms with Gasteiger partial charge in [-0.15, -0.1) is 0 Å². The number of nitrogens with zero attached hydrogens (tertiary/aromatic N) is 5. The fraction of sp³-hybridized carbons (Fsp3) is 0.526. The quantitative estimate of drug-likeness (QED) is 0.736. The maximum absolute atomic E-state index is 12.9. The minimum Gasteiger partial charge on any atom is -0.324 e. The summed E-state index contributed by atoms with van der Waals surface area (Å²) in [5.74, 6) is 0.878. The highest BCUT2D eigenvalue weighted by Crippen LogP contribution is 2.43. The number of carbonyl (C=O) groups is 1. The summed E-state index contributed by atoms with van der Waals surface area (Å²) in [6, 6.07) is 3.69. The molecule has 32 heavy (non-hydrogen) atoms. The van der Waals surface area contributed by atoms with Gasteiger partial charge in [-0.05, 0) is 24.6 Å². The number of sulfonamides is 1. The first kappa shape index (κ1) is 21.2. The topological polar surface area (TPSA) is 102 Å². The van der Waals surface area contributed by atoms with Crippen LogP contribution in [0.3, 0.4) is 0 Å². The summed E-state index contributed by atoms with van der Waals surface area (Å²) in [7, 11) is -4.01. The second-order valence-electron chi connectivity index (χ2n) is 8.74. The van der Waals surface area contributed by atoms with Gasteiger partial charge in [0.2, 0.25) is 10.0 Å². The van der Waals surface area contributed by atoms with Crippen LogP contribution in [0.2, 0.25) is 0 Å². The predicted octanol–water partition coefficient (Wildman–Crippen LogP) is 1.74. The Bertz CT molecular complexity index is 1120. The fourth-order valence-corrected chi connectivity index (χ4v) is 6.43. The number of alkyl halides is 3. The lowest BCUT2D eigenvalue weighted by Crippen LogP contribution is -2.74. The summed E-state index contributed by atoms with van der Waals surface area (Å²) in [5.41, 5.74) is -1.32. The molecule has 13 heteroatoms. The van der Waals surface area contributed by atoms with E-state index >= 15 is 0 Å². The summed E-state index contributed by atoms with van der Waals surface area (Å²) in [6.45, 7) is 2.41. The number of hydrogen-bond acceptors (Lipinski definition) is 5. The van der Waals surface area contributed by atoms with Crippen LogP contribution in [0.25, 0.3) is 0 Å². The summed E-state index contributed by atoms with van der Waals surface area (Å²) in [5, 5.41) is 6.68. The van der Waals surface area contributed by atoms with Crippen LogP contribution >= 0.6 is 0 Å². The van der Waals surface area contributed by atoms with Crippen LogP contribution in [0.5, 0.6) is 0 Å². The lowest BCUT2D eigenvalue weighted by molar-refractivity contribution is -0.137. The van der Waals surface area contributed by atoms with Gasteiger partial charge in [-0.1, -0.05) is 6.07 Å². The molecule has 5 rings (SSSR count). The van der Waals surface area contributed by atoms with Crippen molar-refractivity contribution in [3.05, 3.63) is 42.0 Å². The Morgan fingerprint density at radius 2 is 1.91 bits per heavy atom. The van der Waals surface area contributed by atoms with Crippen LogP contribution in [-0.2, 0) is 16.2 Å². The summed E-state index contributed by atoms with van der Waals surface area (Å²) >= 11 is 0. The molecule has 4 heterocycles. The first-order valence-corrected chi connectivity index (χ1v) is 11.6. The van der Waals surface area contributed by atoms with E-state index in [0.29, 0.717) is 32.2 Å². The van der Waals surface area contributed by atoms with Crippen LogP contribution in [0.4, 0.5) is 18.0 Å². The molecule has 2 amide bonds. The molecule has 9 nitrogen and oxygen atoms in total. The molecule has 0 saturated carbocycles. The van der Waals surface area contributed by atoms with Crippen molar-refractivity contribution < 1.29 is 26.4 Å². The molecular weight excluding hydrogens is 449 g/mol. The van der Waals surface area contributed by atoms with Crippen LogP contribution < -0.4 is 0 Å². The molecule has 0 aliphatic carbocycles. The summed E-state index contributed by atoms with van der Waals surface area (Å²) in [4.78, 5) is 20.0. The monoisotopic (exact) mass is 470 g/mol. The number of aromatic amines is 1. The van der Waals surface area contributed by atoms with Crippen molar-refractivity contribution in [1.29, 1.82) is 0 Å². The van der Waals surface area contributed by atoms with E-state index in [4.69, 9.17) is 0 Å². The van der Waals surface area contributed by atoms with Crippen molar-refractivity contribution in [1.82, 2.24) is 29.3 Å². The van der Waals surface area contributed by atoms with Crippen LogP contribution in [0.15, 0.2) is 35.5 Å². The third-order valence-electron chi connectivity index (χ3n) is 6.42. The molecule has 1 aromatic heterocycles. The van der Waals surface area contributed by atoms with Crippen molar-refractivity contribution in [3.63, 3.8) is 0 Å². The van der Waals surface area contributed by atoms with Gasteiger partial charge < -0.3 is 9.80 Å². The maximum Gasteiger partial charge on any atom is 0.416 e. The number of carbonyl (C=O) groups excluding carboxylic acids is 1. The molecule has 0 radical (unpaired) electrons. The number of nitrogens with one attached hydrogen (secondary N) is 1. The highest BCUT2D eigenvalue weighted by molar-refractivity contribution is 7.89. The number of likely N-dealkylation sites (tertiary alicyclic amines) is 2. The second-order valence-corrected chi connectivity index (χ2v) is 10.7. The lowest BCUT2D eigenvalue weighted by atomic mass is 9.74. The van der Waals surface area contributed by atoms with E-state index in [1.54, 1.807) is 9.80 Å². The van der Waals surface area contributed by atoms with E-state index in [0.717, 1.165) is 24.4 Å².